The average molecular weight is 330 g/mol. The van der Waals surface area contributed by atoms with E-state index in [1.54, 1.807) is 19.1 Å². The summed E-state index contributed by atoms with van der Waals surface area (Å²) in [6, 6.07) is 3.45. The molecule has 2 aromatic heterocycles. The monoisotopic (exact) mass is 330 g/mol. The van der Waals surface area contributed by atoms with Crippen molar-refractivity contribution >= 4 is 11.8 Å². The number of piperidine rings is 1. The Morgan fingerprint density at radius 1 is 1.29 bits per heavy atom. The molecule has 0 aliphatic carbocycles. The molecular weight excluding hydrogens is 308 g/mol. The highest BCUT2D eigenvalue weighted by Gasteiger charge is 2.24. The van der Waals surface area contributed by atoms with Gasteiger partial charge in [0.2, 0.25) is 0 Å². The van der Waals surface area contributed by atoms with Crippen LogP contribution in [0.25, 0.3) is 0 Å². The zero-order valence-corrected chi connectivity index (χ0v) is 14.0. The molecule has 128 valence electrons. The lowest BCUT2D eigenvalue weighted by Crippen LogP contribution is -2.41. The van der Waals surface area contributed by atoms with Gasteiger partial charge in [0.25, 0.3) is 11.8 Å². The van der Waals surface area contributed by atoms with E-state index in [9.17, 15) is 9.59 Å². The first-order valence-electron chi connectivity index (χ1n) is 8.21. The molecule has 2 amide bonds. The fourth-order valence-electron chi connectivity index (χ4n) is 3.10. The van der Waals surface area contributed by atoms with Crippen LogP contribution in [0, 0.1) is 19.8 Å². The minimum atomic E-state index is -0.0961. The Kier molecular flexibility index (Phi) is 4.74. The standard InChI is InChI=1S/C18H22N2O4/c1-12-9-16(13(2)24-12)17(21)19-10-14-3-6-20(7-4-14)18(22)15-5-8-23-11-15/h5,8-9,11,14H,3-4,6-7,10H2,1-2H3,(H,19,21). The Bertz CT molecular complexity index is 709. The molecule has 1 aliphatic heterocycles. The Balaban J connectivity index is 1.46. The molecule has 6 nitrogen and oxygen atoms in total. The molecule has 1 N–H and O–H groups in total. The lowest BCUT2D eigenvalue weighted by Gasteiger charge is -2.31. The maximum absolute atomic E-state index is 12.2. The predicted octanol–water partition coefficient (Wildman–Crippen LogP) is 2.77. The molecule has 1 aliphatic rings. The smallest absolute Gasteiger partial charge is 0.257 e. The van der Waals surface area contributed by atoms with Crippen molar-refractivity contribution in [1.82, 2.24) is 10.2 Å². The number of nitrogens with zero attached hydrogens (tertiary/aromatic N) is 1. The van der Waals surface area contributed by atoms with Gasteiger partial charge in [-0.15, -0.1) is 0 Å². The van der Waals surface area contributed by atoms with Crippen LogP contribution in [0.3, 0.4) is 0 Å². The van der Waals surface area contributed by atoms with Crippen molar-refractivity contribution in [3.8, 4) is 0 Å². The number of furan rings is 2. The third kappa shape index (κ3) is 3.53. The fraction of sp³-hybridized carbons (Fsp3) is 0.444. The molecule has 0 radical (unpaired) electrons. The van der Waals surface area contributed by atoms with Gasteiger partial charge in [0.05, 0.1) is 17.4 Å². The summed E-state index contributed by atoms with van der Waals surface area (Å²) in [6.45, 7) is 5.65. The highest BCUT2D eigenvalue weighted by Crippen LogP contribution is 2.19. The number of carbonyl (C=O) groups excluding carboxylic acids is 2. The number of aryl methyl sites for hydroxylation is 2. The molecule has 1 saturated heterocycles. The molecule has 0 unspecified atom stereocenters. The second-order valence-electron chi connectivity index (χ2n) is 6.28. The summed E-state index contributed by atoms with van der Waals surface area (Å²) in [7, 11) is 0. The summed E-state index contributed by atoms with van der Waals surface area (Å²) in [5.41, 5.74) is 1.19. The number of rotatable bonds is 4. The second-order valence-corrected chi connectivity index (χ2v) is 6.28. The third-order valence-electron chi connectivity index (χ3n) is 4.51. The Labute approximate surface area is 140 Å². The van der Waals surface area contributed by atoms with Gasteiger partial charge in [-0.2, -0.15) is 0 Å². The first-order valence-corrected chi connectivity index (χ1v) is 8.21. The van der Waals surface area contributed by atoms with Crippen LogP contribution >= 0.6 is 0 Å². The van der Waals surface area contributed by atoms with Gasteiger partial charge in [-0.3, -0.25) is 9.59 Å². The van der Waals surface area contributed by atoms with E-state index in [4.69, 9.17) is 8.83 Å². The van der Waals surface area contributed by atoms with E-state index in [0.717, 1.165) is 18.6 Å². The summed E-state index contributed by atoms with van der Waals surface area (Å²) >= 11 is 0. The quantitative estimate of drug-likeness (QED) is 0.935. The van der Waals surface area contributed by atoms with Crippen molar-refractivity contribution in [2.45, 2.75) is 26.7 Å². The van der Waals surface area contributed by atoms with Crippen LogP contribution in [0.1, 0.15) is 45.1 Å². The number of hydrogen-bond donors (Lipinski definition) is 1. The van der Waals surface area contributed by atoms with E-state index in [0.29, 0.717) is 42.4 Å². The van der Waals surface area contributed by atoms with Crippen molar-refractivity contribution in [1.29, 1.82) is 0 Å². The van der Waals surface area contributed by atoms with E-state index >= 15 is 0 Å². The van der Waals surface area contributed by atoms with Crippen LogP contribution in [0.2, 0.25) is 0 Å². The molecule has 1 fully saturated rings. The molecule has 3 rings (SSSR count). The van der Waals surface area contributed by atoms with E-state index in [2.05, 4.69) is 5.32 Å². The Hall–Kier alpha value is -2.50. The first-order chi connectivity index (χ1) is 11.5. The lowest BCUT2D eigenvalue weighted by atomic mass is 9.96. The maximum Gasteiger partial charge on any atom is 0.257 e. The third-order valence-corrected chi connectivity index (χ3v) is 4.51. The second kappa shape index (κ2) is 6.95. The largest absolute Gasteiger partial charge is 0.472 e. The fourth-order valence-corrected chi connectivity index (χ4v) is 3.10. The number of likely N-dealkylation sites (tertiary alicyclic amines) is 1. The Morgan fingerprint density at radius 3 is 2.62 bits per heavy atom. The van der Waals surface area contributed by atoms with E-state index in [1.807, 2.05) is 11.8 Å². The summed E-state index contributed by atoms with van der Waals surface area (Å²) < 4.78 is 10.4. The van der Waals surface area contributed by atoms with Crippen molar-refractivity contribution < 1.29 is 18.4 Å². The molecule has 0 bridgehead atoms. The topological polar surface area (TPSA) is 75.7 Å². The van der Waals surface area contributed by atoms with Crippen molar-refractivity contribution in [3.05, 3.63) is 47.3 Å². The summed E-state index contributed by atoms with van der Waals surface area (Å²) in [5.74, 6) is 1.68. The van der Waals surface area contributed by atoms with Crippen molar-refractivity contribution in [2.24, 2.45) is 5.92 Å². The molecular formula is C18H22N2O4. The predicted molar refractivity (Wildman–Crippen MR) is 87.9 cm³/mol. The minimum absolute atomic E-state index is 0.00994. The minimum Gasteiger partial charge on any atom is -0.472 e. The van der Waals surface area contributed by atoms with Crippen LogP contribution < -0.4 is 5.32 Å². The van der Waals surface area contributed by atoms with Crippen LogP contribution in [0.15, 0.2) is 33.5 Å². The highest BCUT2D eigenvalue weighted by molar-refractivity contribution is 5.95. The zero-order chi connectivity index (χ0) is 17.1. The zero-order valence-electron chi connectivity index (χ0n) is 14.0. The maximum atomic E-state index is 12.2. The summed E-state index contributed by atoms with van der Waals surface area (Å²) in [5, 5.41) is 2.98. The van der Waals surface area contributed by atoms with Gasteiger partial charge in [0, 0.05) is 19.6 Å². The molecule has 6 heteroatoms. The molecule has 0 atom stereocenters. The summed E-state index contributed by atoms with van der Waals surface area (Å²) in [4.78, 5) is 26.3. The number of carbonyl (C=O) groups is 2. The average Bonchev–Trinajstić information content (AvgIpc) is 3.22. The van der Waals surface area contributed by atoms with E-state index < -0.39 is 0 Å². The lowest BCUT2D eigenvalue weighted by molar-refractivity contribution is 0.0683. The molecule has 24 heavy (non-hydrogen) atoms. The van der Waals surface area contributed by atoms with Gasteiger partial charge in [0.1, 0.15) is 17.8 Å². The van der Waals surface area contributed by atoms with Gasteiger partial charge >= 0.3 is 0 Å². The van der Waals surface area contributed by atoms with Gasteiger partial charge < -0.3 is 19.1 Å². The normalized spacial score (nSPS) is 15.5. The molecule has 2 aromatic rings. The van der Waals surface area contributed by atoms with Crippen molar-refractivity contribution in [2.75, 3.05) is 19.6 Å². The molecule has 3 heterocycles. The highest BCUT2D eigenvalue weighted by atomic mass is 16.3. The SMILES string of the molecule is Cc1cc(C(=O)NCC2CCN(C(=O)c3ccoc3)CC2)c(C)o1. The first kappa shape index (κ1) is 16.4. The van der Waals surface area contributed by atoms with Crippen LogP contribution in [0.5, 0.6) is 0 Å². The van der Waals surface area contributed by atoms with E-state index in [-0.39, 0.29) is 11.8 Å². The van der Waals surface area contributed by atoms with Gasteiger partial charge in [0.15, 0.2) is 0 Å². The number of amides is 2. The van der Waals surface area contributed by atoms with E-state index in [1.165, 1.54) is 12.5 Å². The van der Waals surface area contributed by atoms with Crippen molar-refractivity contribution in [3.63, 3.8) is 0 Å². The number of hydrogen-bond acceptors (Lipinski definition) is 4. The molecule has 0 spiro atoms. The van der Waals surface area contributed by atoms with Gasteiger partial charge in [-0.1, -0.05) is 0 Å². The van der Waals surface area contributed by atoms with Crippen LogP contribution in [0.4, 0.5) is 0 Å². The molecule has 0 aromatic carbocycles. The van der Waals surface area contributed by atoms with Crippen LogP contribution in [-0.4, -0.2) is 36.3 Å². The van der Waals surface area contributed by atoms with Gasteiger partial charge in [-0.25, -0.2) is 0 Å². The summed E-state index contributed by atoms with van der Waals surface area (Å²) in [6.07, 6.45) is 4.75. The molecule has 0 saturated carbocycles. The number of nitrogens with one attached hydrogen (secondary N) is 1. The van der Waals surface area contributed by atoms with Gasteiger partial charge in [-0.05, 0) is 44.7 Å². The van der Waals surface area contributed by atoms with Crippen LogP contribution in [-0.2, 0) is 0 Å². The Morgan fingerprint density at radius 2 is 2.04 bits per heavy atom.